The predicted molar refractivity (Wildman–Crippen MR) is 128 cm³/mol. The van der Waals surface area contributed by atoms with Crippen LogP contribution in [0.3, 0.4) is 0 Å². The van der Waals surface area contributed by atoms with E-state index in [0.29, 0.717) is 16.5 Å². The highest BCUT2D eigenvalue weighted by Gasteiger charge is 2.28. The van der Waals surface area contributed by atoms with Crippen molar-refractivity contribution in [3.63, 3.8) is 0 Å². The van der Waals surface area contributed by atoms with E-state index in [1.165, 1.54) is 16.7 Å². The maximum absolute atomic E-state index is 13.0. The molecule has 1 saturated carbocycles. The number of amides is 1. The fraction of sp³-hybridized carbons (Fsp3) is 0.500. The summed E-state index contributed by atoms with van der Waals surface area (Å²) < 4.78 is 0. The Kier molecular flexibility index (Phi) is 8.53. The van der Waals surface area contributed by atoms with E-state index in [0.717, 1.165) is 50.6 Å². The molecule has 4 nitrogen and oxygen atoms in total. The lowest BCUT2D eigenvalue weighted by atomic mass is 9.79. The number of benzene rings is 2. The summed E-state index contributed by atoms with van der Waals surface area (Å²) >= 11 is 6.12. The highest BCUT2D eigenvalue weighted by Crippen LogP contribution is 2.37. The quantitative estimate of drug-likeness (QED) is 0.598. The average Bonchev–Trinajstić information content (AvgIpc) is 2.79. The zero-order valence-corrected chi connectivity index (χ0v) is 19.7. The minimum Gasteiger partial charge on any atom is -0.396 e. The first-order valence-corrected chi connectivity index (χ1v) is 11.7. The van der Waals surface area contributed by atoms with Crippen molar-refractivity contribution in [2.75, 3.05) is 20.7 Å². The van der Waals surface area contributed by atoms with Gasteiger partial charge in [-0.1, -0.05) is 29.8 Å². The molecule has 2 aromatic rings. The van der Waals surface area contributed by atoms with Crippen molar-refractivity contribution < 1.29 is 9.90 Å². The van der Waals surface area contributed by atoms with Crippen LogP contribution < -0.4 is 5.32 Å². The van der Waals surface area contributed by atoms with Gasteiger partial charge in [0.1, 0.15) is 0 Å². The van der Waals surface area contributed by atoms with E-state index in [9.17, 15) is 4.79 Å². The third-order valence-corrected chi connectivity index (χ3v) is 7.03. The molecule has 0 spiro atoms. The summed E-state index contributed by atoms with van der Waals surface area (Å²) in [4.78, 5) is 14.9. The molecule has 2 N–H and O–H groups in total. The van der Waals surface area contributed by atoms with Gasteiger partial charge in [-0.3, -0.25) is 4.79 Å². The number of nitrogens with zero attached hydrogens (tertiary/aromatic N) is 1. The molecule has 0 aromatic heterocycles. The van der Waals surface area contributed by atoms with Crippen molar-refractivity contribution >= 4 is 17.5 Å². The Hall–Kier alpha value is -1.88. The van der Waals surface area contributed by atoms with E-state index in [1.807, 2.05) is 44.1 Å². The molecule has 5 heteroatoms. The Morgan fingerprint density at radius 2 is 1.90 bits per heavy atom. The maximum atomic E-state index is 13.0. The number of rotatable bonds is 8. The molecule has 0 unspecified atom stereocenters. The van der Waals surface area contributed by atoms with Gasteiger partial charge < -0.3 is 15.3 Å². The number of aliphatic hydroxyl groups is 1. The van der Waals surface area contributed by atoms with Gasteiger partial charge in [-0.15, -0.1) is 0 Å². The van der Waals surface area contributed by atoms with Crippen LogP contribution in [0.2, 0.25) is 5.02 Å². The molecule has 0 heterocycles. The van der Waals surface area contributed by atoms with Gasteiger partial charge in [0, 0.05) is 36.8 Å². The van der Waals surface area contributed by atoms with Crippen molar-refractivity contribution in [3.05, 3.63) is 69.2 Å². The number of aryl methyl sites for hydroxylation is 2. The lowest BCUT2D eigenvalue weighted by molar-refractivity contribution is 0.0689. The van der Waals surface area contributed by atoms with Crippen LogP contribution in [-0.4, -0.2) is 42.7 Å². The number of hydrogen-bond acceptors (Lipinski definition) is 3. The van der Waals surface area contributed by atoms with Gasteiger partial charge in [0.05, 0.1) is 0 Å². The van der Waals surface area contributed by atoms with Gasteiger partial charge in [-0.05, 0) is 98.9 Å². The minimum absolute atomic E-state index is 0.0762. The molecule has 1 aliphatic rings. The normalized spacial score (nSPS) is 18.7. The van der Waals surface area contributed by atoms with E-state index in [4.69, 9.17) is 16.7 Å². The van der Waals surface area contributed by atoms with Crippen LogP contribution in [0, 0.1) is 6.92 Å². The monoisotopic (exact) mass is 442 g/mol. The van der Waals surface area contributed by atoms with Crippen LogP contribution in [0.5, 0.6) is 0 Å². The number of carbonyl (C=O) groups is 1. The summed E-state index contributed by atoms with van der Waals surface area (Å²) in [5, 5.41) is 13.1. The fourth-order valence-electron chi connectivity index (χ4n) is 4.76. The second kappa shape index (κ2) is 11.1. The smallest absolute Gasteiger partial charge is 0.253 e. The Balaban J connectivity index is 1.65. The van der Waals surface area contributed by atoms with Gasteiger partial charge in [-0.2, -0.15) is 0 Å². The molecule has 0 atom stereocenters. The Labute approximate surface area is 191 Å². The number of hydrogen-bond donors (Lipinski definition) is 2. The van der Waals surface area contributed by atoms with Crippen molar-refractivity contribution in [2.45, 2.75) is 64.0 Å². The molecule has 3 rings (SSSR count). The minimum atomic E-state index is 0.0762. The molecule has 0 saturated heterocycles. The van der Waals surface area contributed by atoms with Crippen LogP contribution in [0.15, 0.2) is 36.4 Å². The summed E-state index contributed by atoms with van der Waals surface area (Å²) in [5.74, 6) is 0.611. The van der Waals surface area contributed by atoms with E-state index in [-0.39, 0.29) is 18.6 Å². The van der Waals surface area contributed by atoms with Gasteiger partial charge in [-0.25, -0.2) is 0 Å². The second-order valence-corrected chi connectivity index (χ2v) is 9.18. The lowest BCUT2D eigenvalue weighted by Crippen LogP contribution is -2.39. The summed E-state index contributed by atoms with van der Waals surface area (Å²) in [6.07, 6.45) is 5.94. The fourth-order valence-corrected chi connectivity index (χ4v) is 4.88. The first-order valence-electron chi connectivity index (χ1n) is 11.3. The molecule has 2 aromatic carbocycles. The molecular formula is C26H35ClN2O2. The van der Waals surface area contributed by atoms with E-state index in [2.05, 4.69) is 23.5 Å². The Bertz CT molecular complexity index is 891. The molecule has 1 amide bonds. The molecular weight excluding hydrogens is 408 g/mol. The van der Waals surface area contributed by atoms with Gasteiger partial charge in [0.15, 0.2) is 0 Å². The molecule has 1 fully saturated rings. The van der Waals surface area contributed by atoms with Crippen molar-refractivity contribution in [1.82, 2.24) is 10.2 Å². The van der Waals surface area contributed by atoms with Gasteiger partial charge in [0.25, 0.3) is 5.91 Å². The van der Waals surface area contributed by atoms with Crippen LogP contribution in [0.1, 0.15) is 70.6 Å². The number of halogens is 1. The third kappa shape index (κ3) is 5.88. The van der Waals surface area contributed by atoms with E-state index < -0.39 is 0 Å². The lowest BCUT2D eigenvalue weighted by Gasteiger charge is -2.35. The maximum Gasteiger partial charge on any atom is 0.253 e. The highest BCUT2D eigenvalue weighted by atomic mass is 35.5. The Morgan fingerprint density at radius 1 is 1.16 bits per heavy atom. The largest absolute Gasteiger partial charge is 0.396 e. The van der Waals surface area contributed by atoms with Crippen LogP contribution in [-0.2, 0) is 13.0 Å². The molecule has 31 heavy (non-hydrogen) atoms. The zero-order chi connectivity index (χ0) is 22.4. The zero-order valence-electron chi connectivity index (χ0n) is 19.0. The van der Waals surface area contributed by atoms with E-state index >= 15 is 0 Å². The third-order valence-electron chi connectivity index (χ3n) is 6.61. The van der Waals surface area contributed by atoms with Crippen LogP contribution in [0.4, 0.5) is 0 Å². The average molecular weight is 443 g/mol. The number of carbonyl (C=O) groups excluding carboxylic acids is 1. The molecule has 0 aliphatic heterocycles. The SMILES string of the molecule is CNCc1cc(CCCO)ccc1C1CCC(N(C)C(=O)c2ccc(Cl)c(C)c2)CC1. The number of nitrogens with one attached hydrogen (secondary N) is 1. The molecule has 0 radical (unpaired) electrons. The topological polar surface area (TPSA) is 52.6 Å². The standard InChI is InChI=1S/C26H35ClN2O2/c1-18-15-21(9-13-25(18)27)26(31)29(3)23-10-7-20(8-11-23)24-12-6-19(5-4-14-30)16-22(24)17-28-2/h6,9,12-13,15-16,20,23,28,30H,4-5,7-8,10-11,14,17H2,1-3H3. The van der Waals surface area contributed by atoms with Crippen LogP contribution in [0.25, 0.3) is 0 Å². The molecule has 1 aliphatic carbocycles. The summed E-state index contributed by atoms with van der Waals surface area (Å²) in [6, 6.07) is 12.6. The molecule has 0 bridgehead atoms. The van der Waals surface area contributed by atoms with E-state index in [1.54, 1.807) is 0 Å². The van der Waals surface area contributed by atoms with Gasteiger partial charge in [0.2, 0.25) is 0 Å². The van der Waals surface area contributed by atoms with Crippen molar-refractivity contribution in [3.8, 4) is 0 Å². The summed E-state index contributed by atoms with van der Waals surface area (Å²) in [6.45, 7) is 3.02. The summed E-state index contributed by atoms with van der Waals surface area (Å²) in [7, 11) is 3.92. The molecule has 168 valence electrons. The van der Waals surface area contributed by atoms with Crippen LogP contribution >= 0.6 is 11.6 Å². The number of aliphatic hydroxyl groups excluding tert-OH is 1. The van der Waals surface area contributed by atoms with Crippen molar-refractivity contribution in [1.29, 1.82) is 0 Å². The highest BCUT2D eigenvalue weighted by molar-refractivity contribution is 6.31. The first-order chi connectivity index (χ1) is 14.9. The van der Waals surface area contributed by atoms with Gasteiger partial charge >= 0.3 is 0 Å². The second-order valence-electron chi connectivity index (χ2n) is 8.78. The van der Waals surface area contributed by atoms with Crippen molar-refractivity contribution in [2.24, 2.45) is 0 Å². The Morgan fingerprint density at radius 3 is 2.55 bits per heavy atom. The summed E-state index contributed by atoms with van der Waals surface area (Å²) in [5.41, 5.74) is 5.73. The predicted octanol–water partition coefficient (Wildman–Crippen LogP) is 5.09. The first kappa shape index (κ1) is 23.8.